The highest BCUT2D eigenvalue weighted by Crippen LogP contribution is 2.33. The molecule has 1 aromatic carbocycles. The number of ether oxygens (including phenoxy) is 2. The van der Waals surface area contributed by atoms with E-state index in [4.69, 9.17) is 9.26 Å². The zero-order valence-corrected chi connectivity index (χ0v) is 15.5. The number of alkyl halides is 2. The summed E-state index contributed by atoms with van der Waals surface area (Å²) >= 11 is 0. The molecule has 2 N–H and O–H groups in total. The molecular formula is C17H23F2N5O3. The van der Waals surface area contributed by atoms with Crippen LogP contribution in [-0.4, -0.2) is 35.9 Å². The maximum Gasteiger partial charge on any atom is 0.387 e. The van der Waals surface area contributed by atoms with E-state index in [-0.39, 0.29) is 24.6 Å². The summed E-state index contributed by atoms with van der Waals surface area (Å²) in [6.45, 7) is 3.80. The van der Waals surface area contributed by atoms with Crippen molar-refractivity contribution in [1.82, 2.24) is 20.8 Å². The Bertz CT molecular complexity index is 752. The zero-order valence-electron chi connectivity index (χ0n) is 15.5. The van der Waals surface area contributed by atoms with Crippen molar-refractivity contribution in [2.45, 2.75) is 40.5 Å². The molecule has 0 saturated carbocycles. The van der Waals surface area contributed by atoms with Crippen molar-refractivity contribution in [1.29, 1.82) is 0 Å². The van der Waals surface area contributed by atoms with E-state index in [1.54, 1.807) is 32.0 Å². The summed E-state index contributed by atoms with van der Waals surface area (Å²) in [6, 6.07) is 4.94. The van der Waals surface area contributed by atoms with E-state index in [9.17, 15) is 8.78 Å². The molecular weight excluding hydrogens is 360 g/mol. The SMILES string of the molecule is CCNC(=NCc1cccc(OCC)c1OC(F)F)NCc1nc(C)no1. The third-order valence-corrected chi connectivity index (χ3v) is 3.30. The van der Waals surface area contributed by atoms with Gasteiger partial charge in [0.15, 0.2) is 23.3 Å². The standard InChI is InChI=1S/C17H23F2N5O3/c1-4-20-17(22-10-14-23-11(3)24-27-14)21-9-12-7-6-8-13(25-5-2)15(12)26-16(18)19/h6-8,16H,4-5,9-10H2,1-3H3,(H2,20,21,22). The molecule has 0 unspecified atom stereocenters. The third kappa shape index (κ3) is 6.39. The van der Waals surface area contributed by atoms with Crippen molar-refractivity contribution in [3.05, 3.63) is 35.5 Å². The average molecular weight is 383 g/mol. The van der Waals surface area contributed by atoms with E-state index in [1.807, 2.05) is 6.92 Å². The van der Waals surface area contributed by atoms with Gasteiger partial charge >= 0.3 is 6.61 Å². The molecule has 1 heterocycles. The fraction of sp³-hybridized carbons (Fsp3) is 0.471. The minimum atomic E-state index is -2.96. The predicted octanol–water partition coefficient (Wildman–Crippen LogP) is 2.63. The summed E-state index contributed by atoms with van der Waals surface area (Å²) in [5, 5.41) is 9.81. The number of benzene rings is 1. The van der Waals surface area contributed by atoms with Crippen LogP contribution in [0.3, 0.4) is 0 Å². The molecule has 0 bridgehead atoms. The molecule has 2 rings (SSSR count). The number of nitrogens with one attached hydrogen (secondary N) is 2. The molecule has 1 aromatic heterocycles. The molecule has 0 fully saturated rings. The van der Waals surface area contributed by atoms with Crippen LogP contribution in [0.15, 0.2) is 27.7 Å². The first-order valence-corrected chi connectivity index (χ1v) is 8.54. The second-order valence-electron chi connectivity index (χ2n) is 5.34. The molecule has 0 aliphatic heterocycles. The highest BCUT2D eigenvalue weighted by atomic mass is 19.3. The summed E-state index contributed by atoms with van der Waals surface area (Å²) in [4.78, 5) is 8.50. The molecule has 0 atom stereocenters. The molecule has 0 radical (unpaired) electrons. The summed E-state index contributed by atoms with van der Waals surface area (Å²) in [5.74, 6) is 1.66. The molecule has 10 heteroatoms. The molecule has 8 nitrogen and oxygen atoms in total. The van der Waals surface area contributed by atoms with Crippen LogP contribution < -0.4 is 20.1 Å². The number of aromatic nitrogens is 2. The molecule has 0 saturated heterocycles. The van der Waals surface area contributed by atoms with E-state index in [0.29, 0.717) is 36.4 Å². The fourth-order valence-corrected chi connectivity index (χ4v) is 2.25. The third-order valence-electron chi connectivity index (χ3n) is 3.30. The van der Waals surface area contributed by atoms with Crippen LogP contribution in [0.4, 0.5) is 8.78 Å². The monoisotopic (exact) mass is 383 g/mol. The topological polar surface area (TPSA) is 93.8 Å². The van der Waals surface area contributed by atoms with Crippen LogP contribution >= 0.6 is 0 Å². The lowest BCUT2D eigenvalue weighted by atomic mass is 10.2. The van der Waals surface area contributed by atoms with Crippen LogP contribution in [0.5, 0.6) is 11.5 Å². The highest BCUT2D eigenvalue weighted by Gasteiger charge is 2.15. The van der Waals surface area contributed by atoms with Gasteiger partial charge in [0, 0.05) is 12.1 Å². The van der Waals surface area contributed by atoms with Gasteiger partial charge in [-0.05, 0) is 26.8 Å². The predicted molar refractivity (Wildman–Crippen MR) is 94.9 cm³/mol. The van der Waals surface area contributed by atoms with Gasteiger partial charge in [0.25, 0.3) is 0 Å². The van der Waals surface area contributed by atoms with E-state index in [0.717, 1.165) is 0 Å². The number of rotatable bonds is 9. The summed E-state index contributed by atoms with van der Waals surface area (Å²) in [6.07, 6.45) is 0. The number of halogens is 2. The normalized spacial score (nSPS) is 11.6. The summed E-state index contributed by atoms with van der Waals surface area (Å²) in [5.41, 5.74) is 0.479. The van der Waals surface area contributed by atoms with E-state index < -0.39 is 6.61 Å². The van der Waals surface area contributed by atoms with E-state index >= 15 is 0 Å². The van der Waals surface area contributed by atoms with Gasteiger partial charge in [-0.15, -0.1) is 0 Å². The molecule has 148 valence electrons. The number of aliphatic imine (C=N–C) groups is 1. The van der Waals surface area contributed by atoms with Crippen LogP contribution in [-0.2, 0) is 13.1 Å². The first kappa shape index (κ1) is 20.4. The second kappa shape index (κ2) is 10.3. The molecule has 0 aliphatic carbocycles. The molecule has 0 spiro atoms. The summed E-state index contributed by atoms with van der Waals surface area (Å²) < 4.78 is 40.6. The first-order valence-electron chi connectivity index (χ1n) is 8.54. The van der Waals surface area contributed by atoms with Gasteiger partial charge in [-0.2, -0.15) is 13.8 Å². The largest absolute Gasteiger partial charge is 0.490 e. The van der Waals surface area contributed by atoms with Gasteiger partial charge in [0.1, 0.15) is 0 Å². The lowest BCUT2D eigenvalue weighted by Crippen LogP contribution is -2.36. The summed E-state index contributed by atoms with van der Waals surface area (Å²) in [7, 11) is 0. The molecule has 27 heavy (non-hydrogen) atoms. The number of guanidine groups is 1. The van der Waals surface area contributed by atoms with Crippen LogP contribution in [0.2, 0.25) is 0 Å². The molecule has 2 aromatic rings. The maximum absolute atomic E-state index is 12.8. The smallest absolute Gasteiger partial charge is 0.387 e. The second-order valence-corrected chi connectivity index (χ2v) is 5.34. The van der Waals surface area contributed by atoms with Gasteiger partial charge in [-0.1, -0.05) is 17.3 Å². The van der Waals surface area contributed by atoms with Crippen molar-refractivity contribution in [2.75, 3.05) is 13.2 Å². The van der Waals surface area contributed by atoms with Crippen molar-refractivity contribution < 1.29 is 22.8 Å². The number of nitrogens with zero attached hydrogens (tertiary/aromatic N) is 3. The number of hydrogen-bond acceptors (Lipinski definition) is 6. The van der Waals surface area contributed by atoms with Crippen LogP contribution in [0.1, 0.15) is 31.1 Å². The highest BCUT2D eigenvalue weighted by molar-refractivity contribution is 5.79. The van der Waals surface area contributed by atoms with E-state index in [2.05, 4.69) is 30.5 Å². The zero-order chi connectivity index (χ0) is 19.6. The Morgan fingerprint density at radius 3 is 2.74 bits per heavy atom. The lowest BCUT2D eigenvalue weighted by Gasteiger charge is -2.15. The van der Waals surface area contributed by atoms with Crippen molar-refractivity contribution in [2.24, 2.45) is 4.99 Å². The maximum atomic E-state index is 12.8. The quantitative estimate of drug-likeness (QED) is 0.508. The van der Waals surface area contributed by atoms with Gasteiger partial charge in [-0.3, -0.25) is 0 Å². The Labute approximate surface area is 156 Å². The Kier molecular flexibility index (Phi) is 7.78. The first-order chi connectivity index (χ1) is 13.0. The number of hydrogen-bond donors (Lipinski definition) is 2. The fourth-order valence-electron chi connectivity index (χ4n) is 2.25. The molecule has 0 aliphatic rings. The Morgan fingerprint density at radius 2 is 2.11 bits per heavy atom. The lowest BCUT2D eigenvalue weighted by molar-refractivity contribution is -0.0520. The van der Waals surface area contributed by atoms with Gasteiger partial charge in [0.05, 0.1) is 19.7 Å². The van der Waals surface area contributed by atoms with Gasteiger partial charge in [-0.25, -0.2) is 4.99 Å². The van der Waals surface area contributed by atoms with Crippen molar-refractivity contribution >= 4 is 5.96 Å². The van der Waals surface area contributed by atoms with Gasteiger partial charge < -0.3 is 24.6 Å². The molecule has 0 amide bonds. The van der Waals surface area contributed by atoms with Gasteiger partial charge in [0.2, 0.25) is 5.89 Å². The minimum Gasteiger partial charge on any atom is -0.490 e. The Balaban J connectivity index is 2.14. The average Bonchev–Trinajstić information content (AvgIpc) is 3.04. The minimum absolute atomic E-state index is 0.0125. The number of para-hydroxylation sites is 1. The van der Waals surface area contributed by atoms with Crippen LogP contribution in [0, 0.1) is 6.92 Å². The van der Waals surface area contributed by atoms with Crippen molar-refractivity contribution in [3.63, 3.8) is 0 Å². The van der Waals surface area contributed by atoms with Crippen LogP contribution in [0.25, 0.3) is 0 Å². The van der Waals surface area contributed by atoms with Crippen molar-refractivity contribution in [3.8, 4) is 11.5 Å². The van der Waals surface area contributed by atoms with E-state index in [1.165, 1.54) is 0 Å². The Morgan fingerprint density at radius 1 is 1.30 bits per heavy atom. The Hall–Kier alpha value is -2.91. The number of aryl methyl sites for hydroxylation is 1.